The molecule has 1 aliphatic carbocycles. The van der Waals surface area contributed by atoms with E-state index in [0.717, 1.165) is 12.1 Å². The first-order valence-corrected chi connectivity index (χ1v) is 5.03. The lowest BCUT2D eigenvalue weighted by atomic mass is 9.90. The average molecular weight is 233 g/mol. The monoisotopic (exact) mass is 233 g/mol. The Bertz CT molecular complexity index is 417. The van der Waals surface area contributed by atoms with Gasteiger partial charge in [0.15, 0.2) is 23.1 Å². The SMILES string of the molecule is NCC(F)(c1ccc(F)c(F)c1F)C1CC1. The Kier molecular flexibility index (Phi) is 2.66. The van der Waals surface area contributed by atoms with Gasteiger partial charge < -0.3 is 5.73 Å². The van der Waals surface area contributed by atoms with E-state index in [1.807, 2.05) is 0 Å². The second-order valence-electron chi connectivity index (χ2n) is 4.06. The van der Waals surface area contributed by atoms with Crippen molar-refractivity contribution < 1.29 is 17.6 Å². The van der Waals surface area contributed by atoms with Gasteiger partial charge in [-0.25, -0.2) is 17.6 Å². The second kappa shape index (κ2) is 3.73. The number of rotatable bonds is 3. The molecule has 1 nitrogen and oxygen atoms in total. The highest BCUT2D eigenvalue weighted by atomic mass is 19.2. The van der Waals surface area contributed by atoms with Crippen molar-refractivity contribution >= 4 is 0 Å². The molecule has 1 fully saturated rings. The maximum Gasteiger partial charge on any atom is 0.194 e. The van der Waals surface area contributed by atoms with Crippen molar-refractivity contribution in [1.29, 1.82) is 0 Å². The van der Waals surface area contributed by atoms with Crippen LogP contribution in [0.1, 0.15) is 18.4 Å². The van der Waals surface area contributed by atoms with Gasteiger partial charge in [-0.15, -0.1) is 0 Å². The number of alkyl halides is 1. The van der Waals surface area contributed by atoms with Crippen LogP contribution in [-0.4, -0.2) is 6.54 Å². The molecule has 5 heteroatoms. The third kappa shape index (κ3) is 1.59. The van der Waals surface area contributed by atoms with Crippen molar-refractivity contribution in [3.05, 3.63) is 35.1 Å². The summed E-state index contributed by atoms with van der Waals surface area (Å²) in [6.07, 6.45) is 1.18. The van der Waals surface area contributed by atoms with Crippen molar-refractivity contribution in [3.63, 3.8) is 0 Å². The Hall–Kier alpha value is -1.10. The van der Waals surface area contributed by atoms with Gasteiger partial charge >= 0.3 is 0 Å². The summed E-state index contributed by atoms with van der Waals surface area (Å²) in [6, 6.07) is 1.65. The van der Waals surface area contributed by atoms with Crippen LogP contribution in [0, 0.1) is 23.4 Å². The maximum atomic E-state index is 14.4. The van der Waals surface area contributed by atoms with E-state index in [1.54, 1.807) is 0 Å². The lowest BCUT2D eigenvalue weighted by molar-refractivity contribution is 0.135. The van der Waals surface area contributed by atoms with Crippen LogP contribution in [0.25, 0.3) is 0 Å². The summed E-state index contributed by atoms with van der Waals surface area (Å²) < 4.78 is 53.5. The predicted octanol–water partition coefficient (Wildman–Crippen LogP) is 2.64. The zero-order valence-electron chi connectivity index (χ0n) is 8.44. The molecule has 0 aliphatic heterocycles. The summed E-state index contributed by atoms with van der Waals surface area (Å²) in [5, 5.41) is 0. The first-order valence-electron chi connectivity index (χ1n) is 5.03. The second-order valence-corrected chi connectivity index (χ2v) is 4.06. The lowest BCUT2D eigenvalue weighted by Gasteiger charge is -2.24. The minimum Gasteiger partial charge on any atom is -0.327 e. The van der Waals surface area contributed by atoms with E-state index in [2.05, 4.69) is 0 Å². The van der Waals surface area contributed by atoms with Crippen LogP contribution in [0.15, 0.2) is 12.1 Å². The highest BCUT2D eigenvalue weighted by molar-refractivity contribution is 5.29. The summed E-state index contributed by atoms with van der Waals surface area (Å²) in [5.74, 6) is -4.83. The van der Waals surface area contributed by atoms with Crippen LogP contribution in [0.4, 0.5) is 17.6 Å². The van der Waals surface area contributed by atoms with Crippen molar-refractivity contribution in [3.8, 4) is 0 Å². The molecular formula is C11H11F4N. The minimum absolute atomic E-state index is 0.392. The molecular weight excluding hydrogens is 222 g/mol. The number of halogens is 4. The smallest absolute Gasteiger partial charge is 0.194 e. The maximum absolute atomic E-state index is 14.4. The molecule has 1 aromatic rings. The number of benzene rings is 1. The zero-order valence-corrected chi connectivity index (χ0v) is 8.44. The van der Waals surface area contributed by atoms with Gasteiger partial charge in [0.1, 0.15) is 0 Å². The van der Waals surface area contributed by atoms with Gasteiger partial charge in [-0.1, -0.05) is 0 Å². The normalized spacial score (nSPS) is 19.6. The van der Waals surface area contributed by atoms with Crippen molar-refractivity contribution in [1.82, 2.24) is 0 Å². The fourth-order valence-corrected chi connectivity index (χ4v) is 1.88. The number of hydrogen-bond donors (Lipinski definition) is 1. The van der Waals surface area contributed by atoms with Gasteiger partial charge in [-0.3, -0.25) is 0 Å². The van der Waals surface area contributed by atoms with Crippen molar-refractivity contribution in [2.24, 2.45) is 11.7 Å². The molecule has 2 N–H and O–H groups in total. The largest absolute Gasteiger partial charge is 0.327 e. The Morgan fingerprint density at radius 2 is 1.81 bits per heavy atom. The van der Waals surface area contributed by atoms with Crippen LogP contribution in [0.2, 0.25) is 0 Å². The van der Waals surface area contributed by atoms with Gasteiger partial charge in [0.25, 0.3) is 0 Å². The first-order chi connectivity index (χ1) is 7.50. The molecule has 0 saturated heterocycles. The molecule has 0 spiro atoms. The number of nitrogens with two attached hydrogens (primary N) is 1. The van der Waals surface area contributed by atoms with Gasteiger partial charge in [-0.2, -0.15) is 0 Å². The molecule has 1 saturated carbocycles. The third-order valence-corrected chi connectivity index (χ3v) is 3.00. The van der Waals surface area contributed by atoms with E-state index in [-0.39, 0.29) is 0 Å². The van der Waals surface area contributed by atoms with E-state index < -0.39 is 41.1 Å². The molecule has 1 unspecified atom stereocenters. The van der Waals surface area contributed by atoms with Crippen LogP contribution < -0.4 is 5.73 Å². The Morgan fingerprint density at radius 3 is 2.31 bits per heavy atom. The summed E-state index contributed by atoms with van der Waals surface area (Å²) in [7, 11) is 0. The van der Waals surface area contributed by atoms with E-state index in [4.69, 9.17) is 5.73 Å². The van der Waals surface area contributed by atoms with Gasteiger partial charge in [-0.05, 0) is 30.9 Å². The standard InChI is InChI=1S/C11H11F4N/c12-8-4-3-7(9(13)10(8)14)11(15,5-16)6-1-2-6/h3-4,6H,1-2,5,16H2. The summed E-state index contributed by atoms with van der Waals surface area (Å²) in [4.78, 5) is 0. The van der Waals surface area contributed by atoms with E-state index in [9.17, 15) is 17.6 Å². The fraction of sp³-hybridized carbons (Fsp3) is 0.455. The molecule has 2 rings (SSSR count). The van der Waals surface area contributed by atoms with Gasteiger partial charge in [0, 0.05) is 12.1 Å². The van der Waals surface area contributed by atoms with E-state index in [0.29, 0.717) is 12.8 Å². The highest BCUT2D eigenvalue weighted by Gasteiger charge is 2.48. The van der Waals surface area contributed by atoms with Crippen LogP contribution in [0.3, 0.4) is 0 Å². The van der Waals surface area contributed by atoms with Gasteiger partial charge in [0.05, 0.1) is 0 Å². The summed E-state index contributed by atoms with van der Waals surface area (Å²) in [5.41, 5.74) is 2.72. The molecule has 0 amide bonds. The molecule has 1 aromatic carbocycles. The van der Waals surface area contributed by atoms with E-state index >= 15 is 0 Å². The van der Waals surface area contributed by atoms with Crippen LogP contribution in [-0.2, 0) is 5.67 Å². The third-order valence-electron chi connectivity index (χ3n) is 3.00. The molecule has 0 bridgehead atoms. The van der Waals surface area contributed by atoms with E-state index in [1.165, 1.54) is 0 Å². The topological polar surface area (TPSA) is 26.0 Å². The summed E-state index contributed by atoms with van der Waals surface area (Å²) in [6.45, 7) is -0.431. The molecule has 0 heterocycles. The Balaban J connectivity index is 2.50. The molecule has 16 heavy (non-hydrogen) atoms. The van der Waals surface area contributed by atoms with Crippen LogP contribution >= 0.6 is 0 Å². The van der Waals surface area contributed by atoms with Crippen molar-refractivity contribution in [2.45, 2.75) is 18.5 Å². The minimum atomic E-state index is -2.08. The van der Waals surface area contributed by atoms with Crippen molar-refractivity contribution in [2.75, 3.05) is 6.54 Å². The molecule has 88 valence electrons. The first kappa shape index (κ1) is 11.4. The zero-order chi connectivity index (χ0) is 11.9. The number of hydrogen-bond acceptors (Lipinski definition) is 1. The Labute approximate surface area is 90.3 Å². The summed E-state index contributed by atoms with van der Waals surface area (Å²) >= 11 is 0. The average Bonchev–Trinajstić information content (AvgIpc) is 3.09. The predicted molar refractivity (Wildman–Crippen MR) is 50.9 cm³/mol. The Morgan fingerprint density at radius 1 is 1.19 bits per heavy atom. The quantitative estimate of drug-likeness (QED) is 0.630. The van der Waals surface area contributed by atoms with Gasteiger partial charge in [0.2, 0.25) is 0 Å². The molecule has 0 aromatic heterocycles. The van der Waals surface area contributed by atoms with Crippen LogP contribution in [0.5, 0.6) is 0 Å². The lowest BCUT2D eigenvalue weighted by Crippen LogP contribution is -2.34. The molecule has 1 aliphatic rings. The molecule has 1 atom stereocenters. The fourth-order valence-electron chi connectivity index (χ4n) is 1.88. The molecule has 0 radical (unpaired) electrons. The highest BCUT2D eigenvalue weighted by Crippen LogP contribution is 2.48.